The zero-order valence-corrected chi connectivity index (χ0v) is 21.5. The predicted octanol–water partition coefficient (Wildman–Crippen LogP) is 5.14. The zero-order chi connectivity index (χ0) is 28.3. The number of benzene rings is 2. The lowest BCUT2D eigenvalue weighted by molar-refractivity contribution is -0.265. The number of amides is 1. The molecule has 3 N–H and O–H groups in total. The number of nitrogens with zero attached hydrogens (tertiary/aromatic N) is 1. The van der Waals surface area contributed by atoms with Crippen molar-refractivity contribution in [3.8, 4) is 22.8 Å². The maximum absolute atomic E-state index is 14.1. The van der Waals surface area contributed by atoms with Crippen LogP contribution < -0.4 is 14.8 Å². The molecule has 2 aromatic carbocycles. The Kier molecular flexibility index (Phi) is 9.09. The number of pyridine rings is 1. The molecule has 0 saturated carbocycles. The Morgan fingerprint density at radius 2 is 1.76 bits per heavy atom. The number of aliphatic hydroxyl groups excluding tert-OH is 1. The molecule has 7 nitrogen and oxygen atoms in total. The molecule has 38 heavy (non-hydrogen) atoms. The van der Waals surface area contributed by atoms with E-state index in [0.717, 1.165) is 24.3 Å². The molecule has 0 aliphatic rings. The molecule has 0 aliphatic carbocycles. The molecule has 204 valence electrons. The number of carbonyl (C=O) groups is 1. The highest BCUT2D eigenvalue weighted by molar-refractivity contribution is 6.32. The van der Waals surface area contributed by atoms with Crippen LogP contribution in [0.2, 0.25) is 10.0 Å². The first kappa shape index (κ1) is 29.4. The van der Waals surface area contributed by atoms with E-state index in [1.165, 1.54) is 38.3 Å². The second-order valence-electron chi connectivity index (χ2n) is 8.22. The fourth-order valence-corrected chi connectivity index (χ4v) is 3.72. The van der Waals surface area contributed by atoms with Crippen molar-refractivity contribution in [1.29, 1.82) is 0 Å². The maximum atomic E-state index is 14.1. The number of rotatable bonds is 9. The SMILES string of the molecule is COc1ccc(C(O)(CNC(=O)c2ccc(OC[C@@H](C)O)c(Cl)c2)C(F)(F)F)nc1-c1ccc(F)c(Cl)c1. The third-order valence-corrected chi connectivity index (χ3v) is 5.93. The van der Waals surface area contributed by atoms with Gasteiger partial charge in [-0.3, -0.25) is 4.79 Å². The van der Waals surface area contributed by atoms with E-state index in [0.29, 0.717) is 0 Å². The summed E-state index contributed by atoms with van der Waals surface area (Å²) in [6, 6.07) is 9.20. The molecule has 3 rings (SSSR count). The third-order valence-electron chi connectivity index (χ3n) is 5.34. The Morgan fingerprint density at radius 1 is 1.08 bits per heavy atom. The van der Waals surface area contributed by atoms with Crippen LogP contribution in [0, 0.1) is 5.82 Å². The van der Waals surface area contributed by atoms with Gasteiger partial charge in [0.05, 0.1) is 35.5 Å². The average molecular weight is 577 g/mol. The van der Waals surface area contributed by atoms with Crippen LogP contribution in [0.5, 0.6) is 11.5 Å². The fraction of sp³-hybridized carbons (Fsp3) is 0.280. The van der Waals surface area contributed by atoms with Gasteiger partial charge >= 0.3 is 6.18 Å². The summed E-state index contributed by atoms with van der Waals surface area (Å²) in [5, 5.41) is 21.8. The third kappa shape index (κ3) is 6.47. The van der Waals surface area contributed by atoms with Crippen LogP contribution in [0.25, 0.3) is 11.3 Å². The van der Waals surface area contributed by atoms with Gasteiger partial charge in [0.25, 0.3) is 5.91 Å². The number of hydrogen-bond acceptors (Lipinski definition) is 6. The van der Waals surface area contributed by atoms with Crippen LogP contribution in [-0.4, -0.2) is 53.6 Å². The molecule has 0 fully saturated rings. The molecule has 13 heteroatoms. The van der Waals surface area contributed by atoms with E-state index >= 15 is 0 Å². The largest absolute Gasteiger partial charge is 0.494 e. The fourth-order valence-electron chi connectivity index (χ4n) is 3.31. The van der Waals surface area contributed by atoms with Gasteiger partial charge in [0.15, 0.2) is 0 Å². The summed E-state index contributed by atoms with van der Waals surface area (Å²) >= 11 is 11.9. The van der Waals surface area contributed by atoms with E-state index < -0.39 is 41.8 Å². The minimum absolute atomic E-state index is 0.0104. The molecule has 1 heterocycles. The molecule has 1 unspecified atom stereocenters. The van der Waals surface area contributed by atoms with Crippen LogP contribution in [0.4, 0.5) is 17.6 Å². The van der Waals surface area contributed by atoms with Gasteiger partial charge < -0.3 is 25.0 Å². The summed E-state index contributed by atoms with van der Waals surface area (Å²) in [7, 11) is 1.26. The molecule has 0 bridgehead atoms. The minimum atomic E-state index is -5.27. The van der Waals surface area contributed by atoms with E-state index in [2.05, 4.69) is 10.3 Å². The summed E-state index contributed by atoms with van der Waals surface area (Å²) < 4.78 is 66.5. The molecule has 3 aromatic rings. The number of carbonyl (C=O) groups excluding carboxylic acids is 1. The lowest BCUT2D eigenvalue weighted by atomic mass is 9.96. The summed E-state index contributed by atoms with van der Waals surface area (Å²) in [6.45, 7) is 0.133. The van der Waals surface area contributed by atoms with Gasteiger partial charge in [-0.1, -0.05) is 23.2 Å². The maximum Gasteiger partial charge on any atom is 0.424 e. The number of methoxy groups -OCH3 is 1. The number of alkyl halides is 3. The predicted molar refractivity (Wildman–Crippen MR) is 132 cm³/mol. The van der Waals surface area contributed by atoms with Crippen LogP contribution in [0.1, 0.15) is 23.0 Å². The highest BCUT2D eigenvalue weighted by Crippen LogP contribution is 2.40. The number of aromatic nitrogens is 1. The average Bonchev–Trinajstić information content (AvgIpc) is 2.86. The van der Waals surface area contributed by atoms with Gasteiger partial charge in [0.1, 0.15) is 29.6 Å². The van der Waals surface area contributed by atoms with E-state index in [4.69, 9.17) is 32.7 Å². The van der Waals surface area contributed by atoms with Crippen LogP contribution in [0.3, 0.4) is 0 Å². The van der Waals surface area contributed by atoms with Gasteiger partial charge in [0, 0.05) is 11.1 Å². The second kappa shape index (κ2) is 11.7. The lowest BCUT2D eigenvalue weighted by Crippen LogP contribution is -2.51. The van der Waals surface area contributed by atoms with Gasteiger partial charge in [0.2, 0.25) is 5.60 Å². The Labute approximate surface area is 224 Å². The van der Waals surface area contributed by atoms with Gasteiger partial charge in [-0.15, -0.1) is 0 Å². The molecule has 2 atom stereocenters. The molecule has 0 saturated heterocycles. The highest BCUT2D eigenvalue weighted by Gasteiger charge is 2.56. The van der Waals surface area contributed by atoms with Crippen molar-refractivity contribution in [3.05, 3.63) is 75.7 Å². The van der Waals surface area contributed by atoms with E-state index in [1.54, 1.807) is 0 Å². The zero-order valence-electron chi connectivity index (χ0n) is 19.9. The number of halogens is 6. The normalized spacial score (nSPS) is 13.9. The van der Waals surface area contributed by atoms with Gasteiger partial charge in [-0.25, -0.2) is 9.37 Å². The lowest BCUT2D eigenvalue weighted by Gasteiger charge is -2.30. The minimum Gasteiger partial charge on any atom is -0.494 e. The molecule has 0 spiro atoms. The molecule has 0 aliphatic heterocycles. The van der Waals surface area contributed by atoms with Crippen molar-refractivity contribution >= 4 is 29.1 Å². The monoisotopic (exact) mass is 576 g/mol. The van der Waals surface area contributed by atoms with E-state index in [-0.39, 0.29) is 45.0 Å². The number of nitrogens with one attached hydrogen (secondary N) is 1. The van der Waals surface area contributed by atoms with Crippen molar-refractivity contribution in [2.24, 2.45) is 0 Å². The summed E-state index contributed by atoms with van der Waals surface area (Å²) in [5.74, 6) is -1.51. The molecule has 1 aromatic heterocycles. The van der Waals surface area contributed by atoms with E-state index in [1.807, 2.05) is 0 Å². The van der Waals surface area contributed by atoms with Crippen molar-refractivity contribution in [2.75, 3.05) is 20.3 Å². The topological polar surface area (TPSA) is 101 Å². The molecule has 0 radical (unpaired) electrons. The van der Waals surface area contributed by atoms with Crippen molar-refractivity contribution in [3.63, 3.8) is 0 Å². The Morgan fingerprint density at radius 3 is 2.34 bits per heavy atom. The van der Waals surface area contributed by atoms with E-state index in [9.17, 15) is 32.6 Å². The Balaban J connectivity index is 1.91. The summed E-state index contributed by atoms with van der Waals surface area (Å²) in [5.41, 5.74) is -4.57. The molecular weight excluding hydrogens is 555 g/mol. The number of ether oxygens (including phenoxy) is 2. The van der Waals surface area contributed by atoms with Crippen molar-refractivity contribution < 1.29 is 42.0 Å². The highest BCUT2D eigenvalue weighted by atomic mass is 35.5. The first-order chi connectivity index (χ1) is 17.8. The first-order valence-electron chi connectivity index (χ1n) is 11.0. The Hall–Kier alpha value is -3.12. The first-order valence-corrected chi connectivity index (χ1v) is 11.7. The number of hydrogen-bond donors (Lipinski definition) is 3. The van der Waals surface area contributed by atoms with Crippen molar-refractivity contribution in [1.82, 2.24) is 10.3 Å². The number of aliphatic hydroxyl groups is 2. The quantitative estimate of drug-likeness (QED) is 0.305. The van der Waals surface area contributed by atoms with Crippen LogP contribution >= 0.6 is 23.2 Å². The summed E-state index contributed by atoms with van der Waals surface area (Å²) in [4.78, 5) is 16.6. The van der Waals surface area contributed by atoms with Crippen LogP contribution in [0.15, 0.2) is 48.5 Å². The Bertz CT molecular complexity index is 1320. The summed E-state index contributed by atoms with van der Waals surface area (Å²) in [6.07, 6.45) is -6.04. The molecular formula is C25H22Cl2F4N2O5. The van der Waals surface area contributed by atoms with Gasteiger partial charge in [-0.05, 0) is 55.5 Å². The smallest absolute Gasteiger partial charge is 0.424 e. The standard InChI is InChI=1S/C25H22Cl2F4N2O5/c1-13(34)11-38-19-6-4-15(10-17(19)27)23(35)32-12-24(36,25(29,30)31)21-8-7-20(37-2)22(33-21)14-3-5-18(28)16(26)9-14/h3-10,13,34,36H,11-12H2,1-2H3,(H,32,35)/t13-,24?/m1/s1. The van der Waals surface area contributed by atoms with Crippen molar-refractivity contribution in [2.45, 2.75) is 24.8 Å². The molecule has 1 amide bonds. The second-order valence-corrected chi connectivity index (χ2v) is 9.04. The van der Waals surface area contributed by atoms with Gasteiger partial charge in [-0.2, -0.15) is 13.2 Å². The van der Waals surface area contributed by atoms with Crippen LogP contribution in [-0.2, 0) is 5.60 Å².